The Labute approximate surface area is 374 Å². The molecule has 0 bridgehead atoms. The zero-order valence-electron chi connectivity index (χ0n) is 37.4. The van der Waals surface area contributed by atoms with E-state index < -0.39 is 130 Å². The van der Waals surface area contributed by atoms with Gasteiger partial charge in [0, 0.05) is 0 Å². The van der Waals surface area contributed by atoms with E-state index in [0.29, 0.717) is 43.9 Å². The van der Waals surface area contributed by atoms with Crippen LogP contribution in [0.4, 0.5) is 0 Å². The molecule has 3 saturated heterocycles. The summed E-state index contributed by atoms with van der Waals surface area (Å²) in [7, 11) is 0. The minimum absolute atomic E-state index is 0.0515. The maximum Gasteiger partial charge on any atom is 0.187 e. The lowest BCUT2D eigenvalue weighted by atomic mass is 9.47. The maximum atomic E-state index is 11.8. The molecule has 0 amide bonds. The number of hydrogen-bond acceptors (Lipinski definition) is 19. The van der Waals surface area contributed by atoms with Crippen LogP contribution in [-0.2, 0) is 28.4 Å². The summed E-state index contributed by atoms with van der Waals surface area (Å²) in [6.07, 6.45) is -15.0. The first-order chi connectivity index (χ1) is 30.3. The highest BCUT2D eigenvalue weighted by Gasteiger charge is 2.62. The largest absolute Gasteiger partial charge is 0.394 e. The van der Waals surface area contributed by atoms with Gasteiger partial charge in [-0.25, -0.2) is 0 Å². The van der Waals surface area contributed by atoms with Crippen molar-refractivity contribution in [2.45, 2.75) is 196 Å². The van der Waals surface area contributed by atoms with Gasteiger partial charge < -0.3 is 94.8 Å². The first-order valence-electron chi connectivity index (χ1n) is 23.5. The summed E-state index contributed by atoms with van der Waals surface area (Å²) in [4.78, 5) is 0. The molecule has 0 unspecified atom stereocenters. The number of allylic oxidation sites excluding steroid dienone is 1. The van der Waals surface area contributed by atoms with Crippen LogP contribution in [0.25, 0.3) is 0 Å². The van der Waals surface area contributed by atoms with Crippen LogP contribution in [0.3, 0.4) is 0 Å². The smallest absolute Gasteiger partial charge is 0.187 e. The standard InChI is InChI=1S/C45H76O19/c1-19(18-59-41-38(57)35(54)32(51)28(15-46)61-41)5-8-26(49)20(2)31-27(50)14-25-23-7-6-21-13-22(9-11-44(21,3)24(23)10-12-45(25,31)4)60-43-40(37(56)34(53)30(17-48)63-43)64-42-39(58)36(55)33(52)29(16-47)62-42/h6,19-20,22-43,46-58H,5,7-18H2,1-4H3/t19-,20-,22+,23-,24+,25+,26+,27+,28-,29-,30-,31+,32-,33-,34-,35+,36+,37+,38-,39-,40-,41-,42+,43-,44+,45+/m1/s1. The molecule has 3 saturated carbocycles. The third-order valence-electron chi connectivity index (χ3n) is 17.0. The zero-order valence-corrected chi connectivity index (χ0v) is 37.4. The fourth-order valence-electron chi connectivity index (χ4n) is 13.1. The predicted molar refractivity (Wildman–Crippen MR) is 221 cm³/mol. The minimum Gasteiger partial charge on any atom is -0.394 e. The van der Waals surface area contributed by atoms with E-state index in [1.54, 1.807) is 0 Å². The van der Waals surface area contributed by atoms with Crippen molar-refractivity contribution in [3.63, 3.8) is 0 Å². The van der Waals surface area contributed by atoms with Crippen molar-refractivity contribution in [2.75, 3.05) is 26.4 Å². The Bertz CT molecular complexity index is 1550. The quantitative estimate of drug-likeness (QED) is 0.0774. The average molecular weight is 921 g/mol. The van der Waals surface area contributed by atoms with Gasteiger partial charge in [-0.2, -0.15) is 0 Å². The topological polar surface area (TPSA) is 318 Å². The predicted octanol–water partition coefficient (Wildman–Crippen LogP) is -2.22. The first-order valence-corrected chi connectivity index (χ1v) is 23.5. The van der Waals surface area contributed by atoms with Crippen LogP contribution in [0.2, 0.25) is 0 Å². The molecule has 4 aliphatic carbocycles. The number of fused-ring (bicyclic) bond motifs is 5. The van der Waals surface area contributed by atoms with E-state index in [2.05, 4.69) is 19.9 Å². The van der Waals surface area contributed by atoms with Gasteiger partial charge in [0.2, 0.25) is 0 Å². The monoisotopic (exact) mass is 920 g/mol. The van der Waals surface area contributed by atoms with Crippen LogP contribution in [0.15, 0.2) is 11.6 Å². The third-order valence-corrected chi connectivity index (χ3v) is 17.0. The van der Waals surface area contributed by atoms with Gasteiger partial charge in [-0.1, -0.05) is 39.3 Å². The van der Waals surface area contributed by atoms with Gasteiger partial charge in [0.25, 0.3) is 0 Å². The minimum atomic E-state index is -1.77. The highest BCUT2D eigenvalue weighted by Crippen LogP contribution is 2.67. The molecule has 19 nitrogen and oxygen atoms in total. The molecule has 0 aromatic carbocycles. The maximum absolute atomic E-state index is 11.8. The summed E-state index contributed by atoms with van der Waals surface area (Å²) in [6, 6.07) is 0. The van der Waals surface area contributed by atoms with E-state index in [-0.39, 0.29) is 41.1 Å². The molecule has 19 heteroatoms. The van der Waals surface area contributed by atoms with Gasteiger partial charge in [0.05, 0.1) is 44.7 Å². The molecule has 0 aromatic heterocycles. The molecule has 0 aromatic rings. The van der Waals surface area contributed by atoms with Crippen molar-refractivity contribution in [2.24, 2.45) is 46.3 Å². The summed E-state index contributed by atoms with van der Waals surface area (Å²) in [5.74, 6) is 0.582. The van der Waals surface area contributed by atoms with Gasteiger partial charge in [-0.15, -0.1) is 0 Å². The second kappa shape index (κ2) is 20.5. The van der Waals surface area contributed by atoms with E-state index in [1.165, 1.54) is 5.57 Å². The Morgan fingerprint density at radius 2 is 1.25 bits per heavy atom. The molecule has 26 atom stereocenters. The molecule has 0 spiro atoms. The van der Waals surface area contributed by atoms with Gasteiger partial charge in [0.15, 0.2) is 18.9 Å². The Morgan fingerprint density at radius 3 is 1.88 bits per heavy atom. The Morgan fingerprint density at radius 1 is 0.672 bits per heavy atom. The van der Waals surface area contributed by atoms with Crippen LogP contribution in [0, 0.1) is 46.3 Å². The summed E-state index contributed by atoms with van der Waals surface area (Å²) in [6.45, 7) is 6.89. The van der Waals surface area contributed by atoms with Crippen molar-refractivity contribution in [3.05, 3.63) is 11.6 Å². The molecule has 0 radical (unpaired) electrons. The van der Waals surface area contributed by atoms with E-state index in [9.17, 15) is 66.4 Å². The normalized spacial score (nSPS) is 51.0. The van der Waals surface area contributed by atoms with Gasteiger partial charge in [-0.3, -0.25) is 0 Å². The van der Waals surface area contributed by atoms with Crippen LogP contribution in [-0.4, -0.2) is 203 Å². The highest BCUT2D eigenvalue weighted by molar-refractivity contribution is 5.26. The van der Waals surface area contributed by atoms with Gasteiger partial charge in [0.1, 0.15) is 73.2 Å². The molecule has 64 heavy (non-hydrogen) atoms. The summed E-state index contributed by atoms with van der Waals surface area (Å²) < 4.78 is 35.1. The fourth-order valence-corrected chi connectivity index (χ4v) is 13.1. The van der Waals surface area contributed by atoms with Crippen molar-refractivity contribution < 1.29 is 94.8 Å². The van der Waals surface area contributed by atoms with Crippen molar-refractivity contribution >= 4 is 0 Å². The second-order valence-electron chi connectivity index (χ2n) is 20.8. The van der Waals surface area contributed by atoms with Crippen LogP contribution >= 0.6 is 0 Å². The molecule has 6 fully saturated rings. The summed E-state index contributed by atoms with van der Waals surface area (Å²) in [5, 5.41) is 136. The number of hydrogen-bond donors (Lipinski definition) is 13. The Kier molecular flexibility index (Phi) is 16.3. The van der Waals surface area contributed by atoms with E-state index in [4.69, 9.17) is 28.4 Å². The van der Waals surface area contributed by atoms with Crippen molar-refractivity contribution in [3.8, 4) is 0 Å². The molecule has 7 rings (SSSR count). The lowest BCUT2D eigenvalue weighted by molar-refractivity contribution is -0.372. The molecule has 7 aliphatic rings. The Balaban J connectivity index is 0.964. The Hall–Kier alpha value is -1.02. The highest BCUT2D eigenvalue weighted by atomic mass is 16.8. The number of ether oxygens (including phenoxy) is 6. The SMILES string of the molecule is C[C@H](CC[C@H](O)[C@@H](C)[C@H]1[C@@H](O)C[C@H]2[C@@H]3CC=C4C[C@@H](O[C@@H]5O[C@H](CO)[C@@H](O)[C@H](O)[C@H]5O[C@@H]5O[C@H](CO)[C@@H](O)[C@H](O)[C@H]5O)CC[C@]4(C)[C@H]3CC[C@]12C)CO[C@@H]1O[C@H](CO)[C@@H](O)[C@H](O)[C@H]1O. The lowest BCUT2D eigenvalue weighted by Crippen LogP contribution is -2.65. The summed E-state index contributed by atoms with van der Waals surface area (Å²) >= 11 is 0. The lowest BCUT2D eigenvalue weighted by Gasteiger charge is -2.58. The molecule has 13 N–H and O–H groups in total. The zero-order chi connectivity index (χ0) is 46.6. The van der Waals surface area contributed by atoms with Crippen molar-refractivity contribution in [1.82, 2.24) is 0 Å². The van der Waals surface area contributed by atoms with E-state index in [1.807, 2.05) is 13.8 Å². The number of aliphatic hydroxyl groups is 13. The summed E-state index contributed by atoms with van der Waals surface area (Å²) in [5.41, 5.74) is 0.914. The van der Waals surface area contributed by atoms with E-state index >= 15 is 0 Å². The molecular weight excluding hydrogens is 844 g/mol. The van der Waals surface area contributed by atoms with Gasteiger partial charge >= 0.3 is 0 Å². The van der Waals surface area contributed by atoms with Crippen molar-refractivity contribution in [1.29, 1.82) is 0 Å². The molecule has 370 valence electrons. The van der Waals surface area contributed by atoms with Crippen LogP contribution in [0.1, 0.15) is 85.5 Å². The first kappa shape index (κ1) is 50.8. The fraction of sp³-hybridized carbons (Fsp3) is 0.956. The molecule has 3 aliphatic heterocycles. The number of aliphatic hydroxyl groups excluding tert-OH is 13. The average Bonchev–Trinajstić information content (AvgIpc) is 3.55. The molecule has 3 heterocycles. The number of rotatable bonds is 15. The van der Waals surface area contributed by atoms with Gasteiger partial charge in [-0.05, 0) is 104 Å². The van der Waals surface area contributed by atoms with E-state index in [0.717, 1.165) is 25.7 Å². The van der Waals surface area contributed by atoms with Crippen LogP contribution in [0.5, 0.6) is 0 Å². The third kappa shape index (κ3) is 9.50. The molecular formula is C45H76O19. The van der Waals surface area contributed by atoms with Crippen LogP contribution < -0.4 is 0 Å². The second-order valence-corrected chi connectivity index (χ2v) is 20.8.